The number of hydrogen-bond acceptors (Lipinski definition) is 6. The maximum absolute atomic E-state index is 11.9. The van der Waals surface area contributed by atoms with E-state index in [0.29, 0.717) is 24.7 Å². The summed E-state index contributed by atoms with van der Waals surface area (Å²) in [7, 11) is 1.84. The highest BCUT2D eigenvalue weighted by molar-refractivity contribution is 5.76. The Kier molecular flexibility index (Phi) is 4.49. The van der Waals surface area contributed by atoms with Crippen LogP contribution in [0.4, 0.5) is 0 Å². The molecule has 0 aliphatic rings. The zero-order valence-electron chi connectivity index (χ0n) is 11.9. The molecule has 0 aromatic carbocycles. The highest BCUT2D eigenvalue weighted by Gasteiger charge is 2.28. The summed E-state index contributed by atoms with van der Waals surface area (Å²) in [5.41, 5.74) is 0. The lowest BCUT2D eigenvalue weighted by atomic mass is 10.0. The molecule has 0 aliphatic heterocycles. The largest absolute Gasteiger partial charge is 0.465 e. The fourth-order valence-electron chi connectivity index (χ4n) is 1.92. The van der Waals surface area contributed by atoms with Crippen LogP contribution >= 0.6 is 0 Å². The Morgan fingerprint density at radius 2 is 2.30 bits per heavy atom. The van der Waals surface area contributed by atoms with E-state index in [1.165, 1.54) is 0 Å². The van der Waals surface area contributed by atoms with Gasteiger partial charge in [-0.15, -0.1) is 0 Å². The van der Waals surface area contributed by atoms with Gasteiger partial charge in [0.2, 0.25) is 11.7 Å². The van der Waals surface area contributed by atoms with E-state index in [1.807, 2.05) is 14.0 Å². The van der Waals surface area contributed by atoms with Gasteiger partial charge >= 0.3 is 5.97 Å². The molecule has 2 rings (SSSR count). The van der Waals surface area contributed by atoms with Gasteiger partial charge in [0.1, 0.15) is 5.92 Å². The Bertz CT molecular complexity index is 576. The minimum Gasteiger partial charge on any atom is -0.465 e. The third-order valence-electron chi connectivity index (χ3n) is 2.91. The van der Waals surface area contributed by atoms with Crippen molar-refractivity contribution in [3.8, 4) is 11.6 Å². The molecule has 0 amide bonds. The van der Waals surface area contributed by atoms with Crippen molar-refractivity contribution >= 4 is 5.97 Å². The topological polar surface area (TPSA) is 83.0 Å². The number of nitrogens with zero attached hydrogens (tertiary/aromatic N) is 4. The van der Waals surface area contributed by atoms with Gasteiger partial charge in [0, 0.05) is 19.4 Å². The lowest BCUT2D eigenvalue weighted by Crippen LogP contribution is -2.16. The predicted octanol–water partition coefficient (Wildman–Crippen LogP) is 1.92. The molecule has 2 aromatic rings. The van der Waals surface area contributed by atoms with E-state index in [9.17, 15) is 4.79 Å². The van der Waals surface area contributed by atoms with Gasteiger partial charge in [0.15, 0.2) is 5.82 Å². The van der Waals surface area contributed by atoms with Crippen molar-refractivity contribution in [1.82, 2.24) is 19.7 Å². The third kappa shape index (κ3) is 2.87. The summed E-state index contributed by atoms with van der Waals surface area (Å²) in [6, 6.07) is 0. The number of hydrogen-bond donors (Lipinski definition) is 0. The van der Waals surface area contributed by atoms with Crippen molar-refractivity contribution in [2.45, 2.75) is 32.6 Å². The first-order valence-corrected chi connectivity index (χ1v) is 6.65. The van der Waals surface area contributed by atoms with E-state index >= 15 is 0 Å². The Morgan fingerprint density at radius 3 is 2.90 bits per heavy atom. The molecule has 0 fully saturated rings. The third-order valence-corrected chi connectivity index (χ3v) is 2.91. The zero-order valence-corrected chi connectivity index (χ0v) is 11.9. The van der Waals surface area contributed by atoms with Gasteiger partial charge in [0.05, 0.1) is 6.61 Å². The fourth-order valence-corrected chi connectivity index (χ4v) is 1.92. The number of carbonyl (C=O) groups is 1. The first-order chi connectivity index (χ1) is 9.67. The monoisotopic (exact) mass is 278 g/mol. The Balaban J connectivity index is 2.25. The van der Waals surface area contributed by atoms with E-state index in [-0.39, 0.29) is 11.9 Å². The maximum atomic E-state index is 11.9. The van der Waals surface area contributed by atoms with Crippen LogP contribution in [0.3, 0.4) is 0 Å². The van der Waals surface area contributed by atoms with Crippen LogP contribution in [0.25, 0.3) is 11.6 Å². The average Bonchev–Trinajstić information content (AvgIpc) is 3.04. The first-order valence-electron chi connectivity index (χ1n) is 6.65. The number of esters is 1. The molecule has 0 spiro atoms. The molecular weight excluding hydrogens is 260 g/mol. The van der Waals surface area contributed by atoms with E-state index in [1.54, 1.807) is 23.9 Å². The number of imidazole rings is 1. The molecule has 0 N–H and O–H groups in total. The Labute approximate surface area is 117 Å². The molecule has 0 radical (unpaired) electrons. The minimum atomic E-state index is -0.513. The van der Waals surface area contributed by atoms with Crippen LogP contribution in [0.15, 0.2) is 16.9 Å². The molecule has 1 atom stereocenters. The molecule has 0 saturated heterocycles. The number of carbonyl (C=O) groups excluding carboxylic acids is 1. The highest BCUT2D eigenvalue weighted by atomic mass is 16.5. The van der Waals surface area contributed by atoms with E-state index in [4.69, 9.17) is 9.26 Å². The quantitative estimate of drug-likeness (QED) is 0.751. The van der Waals surface area contributed by atoms with Crippen molar-refractivity contribution in [2.24, 2.45) is 7.05 Å². The first kappa shape index (κ1) is 14.2. The molecule has 0 bridgehead atoms. The van der Waals surface area contributed by atoms with Gasteiger partial charge in [-0.05, 0) is 13.3 Å². The van der Waals surface area contributed by atoms with Gasteiger partial charge in [0.25, 0.3) is 0 Å². The summed E-state index contributed by atoms with van der Waals surface area (Å²) >= 11 is 0. The van der Waals surface area contributed by atoms with Crippen molar-refractivity contribution in [2.75, 3.05) is 6.61 Å². The number of rotatable bonds is 6. The summed E-state index contributed by atoms with van der Waals surface area (Å²) in [5.74, 6) is 0.408. The Hall–Kier alpha value is -2.18. The molecule has 0 aliphatic carbocycles. The van der Waals surface area contributed by atoms with Crippen LogP contribution in [0.5, 0.6) is 0 Å². The predicted molar refractivity (Wildman–Crippen MR) is 70.8 cm³/mol. The lowest BCUT2D eigenvalue weighted by Gasteiger charge is -2.09. The van der Waals surface area contributed by atoms with Crippen LogP contribution in [-0.2, 0) is 16.6 Å². The molecule has 0 saturated carbocycles. The number of aryl methyl sites for hydroxylation is 1. The molecule has 108 valence electrons. The van der Waals surface area contributed by atoms with Crippen LogP contribution in [0.1, 0.15) is 38.5 Å². The van der Waals surface area contributed by atoms with Crippen LogP contribution in [-0.4, -0.2) is 32.3 Å². The van der Waals surface area contributed by atoms with Gasteiger partial charge in [-0.1, -0.05) is 18.5 Å². The van der Waals surface area contributed by atoms with Gasteiger partial charge in [-0.2, -0.15) is 4.98 Å². The zero-order chi connectivity index (χ0) is 14.5. The summed E-state index contributed by atoms with van der Waals surface area (Å²) in [5, 5.41) is 3.89. The summed E-state index contributed by atoms with van der Waals surface area (Å²) in [6.45, 7) is 4.09. The minimum absolute atomic E-state index is 0.281. The van der Waals surface area contributed by atoms with Gasteiger partial charge in [-0.25, -0.2) is 4.98 Å². The molecule has 7 nitrogen and oxygen atoms in total. The van der Waals surface area contributed by atoms with Crippen LogP contribution in [0, 0.1) is 0 Å². The second-order valence-corrected chi connectivity index (χ2v) is 4.41. The van der Waals surface area contributed by atoms with E-state index < -0.39 is 5.92 Å². The fraction of sp³-hybridized carbons (Fsp3) is 0.538. The summed E-state index contributed by atoms with van der Waals surface area (Å²) < 4.78 is 12.0. The number of aromatic nitrogens is 4. The molecule has 2 heterocycles. The summed E-state index contributed by atoms with van der Waals surface area (Å²) in [4.78, 5) is 20.3. The van der Waals surface area contributed by atoms with Crippen molar-refractivity contribution < 1.29 is 14.1 Å². The van der Waals surface area contributed by atoms with E-state index in [0.717, 1.165) is 6.42 Å². The second kappa shape index (κ2) is 6.31. The normalized spacial score (nSPS) is 12.3. The number of ether oxygens (including phenoxy) is 1. The van der Waals surface area contributed by atoms with Gasteiger partial charge in [-0.3, -0.25) is 4.79 Å². The van der Waals surface area contributed by atoms with Crippen LogP contribution in [0.2, 0.25) is 0 Å². The van der Waals surface area contributed by atoms with Crippen molar-refractivity contribution in [3.05, 3.63) is 18.3 Å². The molecular formula is C13H18N4O3. The summed E-state index contributed by atoms with van der Waals surface area (Å²) in [6.07, 6.45) is 4.88. The smallest absolute Gasteiger partial charge is 0.318 e. The van der Waals surface area contributed by atoms with Crippen molar-refractivity contribution in [1.29, 1.82) is 0 Å². The Morgan fingerprint density at radius 1 is 1.50 bits per heavy atom. The van der Waals surface area contributed by atoms with Gasteiger partial charge < -0.3 is 13.8 Å². The van der Waals surface area contributed by atoms with Crippen LogP contribution < -0.4 is 0 Å². The van der Waals surface area contributed by atoms with Crippen molar-refractivity contribution in [3.63, 3.8) is 0 Å². The highest BCUT2D eigenvalue weighted by Crippen LogP contribution is 2.23. The second-order valence-electron chi connectivity index (χ2n) is 4.41. The standard InChI is InChI=1S/C13H18N4O3/c1-4-6-9(13(18)19-5-2)12-15-10(16-20-12)11-14-7-8-17(11)3/h7-9H,4-6H2,1-3H3. The lowest BCUT2D eigenvalue weighted by molar-refractivity contribution is -0.145. The molecule has 7 heteroatoms. The maximum Gasteiger partial charge on any atom is 0.318 e. The molecule has 20 heavy (non-hydrogen) atoms. The van der Waals surface area contributed by atoms with E-state index in [2.05, 4.69) is 15.1 Å². The molecule has 2 aromatic heterocycles. The molecule has 1 unspecified atom stereocenters. The average molecular weight is 278 g/mol. The SMILES string of the molecule is CCCC(C(=O)OCC)c1nc(-c2nccn2C)no1.